The first-order valence-electron chi connectivity index (χ1n) is 11.6. The van der Waals surface area contributed by atoms with Crippen molar-refractivity contribution in [2.75, 3.05) is 6.54 Å². The van der Waals surface area contributed by atoms with Gasteiger partial charge in [-0.25, -0.2) is 4.79 Å². The molecule has 0 radical (unpaired) electrons. The Labute approximate surface area is 188 Å². The second-order valence-electron chi connectivity index (χ2n) is 10.3. The van der Waals surface area contributed by atoms with Gasteiger partial charge in [-0.3, -0.25) is 15.0 Å². The Hall–Kier alpha value is -2.70. The Balaban J connectivity index is 1.47. The van der Waals surface area contributed by atoms with Crippen LogP contribution >= 0.6 is 0 Å². The lowest BCUT2D eigenvalue weighted by Gasteiger charge is -2.65. The number of aliphatic hydroxyl groups is 1. The lowest BCUT2D eigenvalue weighted by atomic mass is 9.46. The number of piperidine rings is 1. The molecule has 3 fully saturated rings. The molecule has 3 N–H and O–H groups in total. The van der Waals surface area contributed by atoms with Crippen LogP contribution in [0, 0.1) is 6.92 Å². The van der Waals surface area contributed by atoms with E-state index in [4.69, 9.17) is 0 Å². The second kappa shape index (κ2) is 6.65. The topological polar surface area (TPSA) is 81.7 Å². The van der Waals surface area contributed by atoms with Crippen molar-refractivity contribution in [1.29, 1.82) is 0 Å². The Morgan fingerprint density at radius 2 is 1.91 bits per heavy atom. The number of nitrogens with one attached hydrogen (secondary N) is 2. The number of imide groups is 1. The number of aryl methyl sites for hydroxylation is 1. The molecule has 1 spiro atoms. The van der Waals surface area contributed by atoms with Crippen LogP contribution < -0.4 is 10.6 Å². The monoisotopic (exact) mass is 431 g/mol. The van der Waals surface area contributed by atoms with Gasteiger partial charge < -0.3 is 10.4 Å². The average molecular weight is 432 g/mol. The molecular weight excluding hydrogens is 402 g/mol. The molecule has 4 atom stereocenters. The highest BCUT2D eigenvalue weighted by Crippen LogP contribution is 2.60. The summed E-state index contributed by atoms with van der Waals surface area (Å²) in [5.41, 5.74) is 2.39. The molecule has 3 amide bonds. The lowest BCUT2D eigenvalue weighted by Crippen LogP contribution is -2.76. The molecule has 6 heteroatoms. The minimum atomic E-state index is -0.945. The van der Waals surface area contributed by atoms with Crippen LogP contribution in [0.5, 0.6) is 0 Å². The smallest absolute Gasteiger partial charge is 0.322 e. The van der Waals surface area contributed by atoms with E-state index in [1.807, 2.05) is 6.07 Å². The van der Waals surface area contributed by atoms with Gasteiger partial charge in [0.1, 0.15) is 5.54 Å². The number of nitrogens with zero attached hydrogens (tertiary/aromatic N) is 1. The van der Waals surface area contributed by atoms with Crippen LogP contribution in [0.1, 0.15) is 47.9 Å². The summed E-state index contributed by atoms with van der Waals surface area (Å²) >= 11 is 0. The zero-order chi connectivity index (χ0) is 22.1. The molecule has 2 aromatic rings. The predicted molar refractivity (Wildman–Crippen MR) is 120 cm³/mol. The third-order valence-electron chi connectivity index (χ3n) is 8.62. The van der Waals surface area contributed by atoms with E-state index in [9.17, 15) is 14.7 Å². The number of benzene rings is 2. The number of carbonyl (C=O) groups is 2. The highest BCUT2D eigenvalue weighted by atomic mass is 16.3. The van der Waals surface area contributed by atoms with Gasteiger partial charge in [0.2, 0.25) is 0 Å². The number of amides is 3. The third kappa shape index (κ3) is 2.60. The summed E-state index contributed by atoms with van der Waals surface area (Å²) in [5.74, 6) is -0.248. The van der Waals surface area contributed by atoms with E-state index in [1.54, 1.807) is 0 Å². The van der Waals surface area contributed by atoms with Crippen molar-refractivity contribution in [3.05, 3.63) is 70.8 Å². The quantitative estimate of drug-likeness (QED) is 0.639. The van der Waals surface area contributed by atoms with E-state index < -0.39 is 22.6 Å². The summed E-state index contributed by atoms with van der Waals surface area (Å²) in [4.78, 5) is 27.4. The Kier molecular flexibility index (Phi) is 4.15. The van der Waals surface area contributed by atoms with E-state index >= 15 is 0 Å². The van der Waals surface area contributed by atoms with Crippen molar-refractivity contribution in [3.8, 4) is 0 Å². The largest absolute Gasteiger partial charge is 0.387 e. The summed E-state index contributed by atoms with van der Waals surface area (Å²) in [6.07, 6.45) is 2.95. The molecule has 0 aromatic heterocycles. The van der Waals surface area contributed by atoms with Gasteiger partial charge in [-0.15, -0.1) is 0 Å². The number of likely N-dealkylation sites (tertiary alicyclic amines) is 1. The number of carbonyl (C=O) groups excluding carboxylic acids is 2. The molecule has 2 heterocycles. The summed E-state index contributed by atoms with van der Waals surface area (Å²) in [5, 5.41) is 17.8. The van der Waals surface area contributed by atoms with Gasteiger partial charge in [0, 0.05) is 18.0 Å². The van der Waals surface area contributed by atoms with Gasteiger partial charge in [0.25, 0.3) is 5.91 Å². The molecule has 2 aromatic carbocycles. The van der Waals surface area contributed by atoms with Crippen molar-refractivity contribution in [3.63, 3.8) is 0 Å². The first kappa shape index (κ1) is 19.9. The van der Waals surface area contributed by atoms with Crippen molar-refractivity contribution in [2.45, 2.75) is 68.2 Å². The number of urea groups is 1. The first-order chi connectivity index (χ1) is 15.4. The van der Waals surface area contributed by atoms with E-state index in [2.05, 4.69) is 64.9 Å². The maximum atomic E-state index is 12.9. The normalized spacial score (nSPS) is 35.8. The second-order valence-corrected chi connectivity index (χ2v) is 10.3. The summed E-state index contributed by atoms with van der Waals surface area (Å²) in [7, 11) is 0. The molecule has 6 nitrogen and oxygen atoms in total. The van der Waals surface area contributed by atoms with Crippen LogP contribution in [-0.4, -0.2) is 45.7 Å². The molecule has 166 valence electrons. The molecule has 0 unspecified atom stereocenters. The van der Waals surface area contributed by atoms with E-state index in [0.717, 1.165) is 31.5 Å². The fraction of sp³-hybridized carbons (Fsp3) is 0.462. The maximum Gasteiger partial charge on any atom is 0.322 e. The lowest BCUT2D eigenvalue weighted by molar-refractivity contribution is -0.181. The molecule has 2 saturated heterocycles. The summed E-state index contributed by atoms with van der Waals surface area (Å²) in [6.45, 7) is 3.73. The molecule has 6 rings (SSSR count). The SMILES string of the molecule is Cc1ccc2c(c1)[C@]13CCN(Cc4ccccc4)[C@H](C2)[C@]1(O)CC[C@@]1(C3)NC(=O)NC1=O. The molecular formula is C26H29N3O3. The number of fused-ring (bicyclic) bond motifs is 1. The Bertz CT molecular complexity index is 1120. The summed E-state index contributed by atoms with van der Waals surface area (Å²) < 4.78 is 0. The average Bonchev–Trinajstić information content (AvgIpc) is 3.04. The summed E-state index contributed by atoms with van der Waals surface area (Å²) in [6, 6.07) is 16.5. The molecule has 4 aliphatic rings. The third-order valence-corrected chi connectivity index (χ3v) is 8.62. The van der Waals surface area contributed by atoms with Crippen LogP contribution in [0.2, 0.25) is 0 Å². The molecule has 1 saturated carbocycles. The zero-order valence-corrected chi connectivity index (χ0v) is 18.4. The van der Waals surface area contributed by atoms with Gasteiger partial charge >= 0.3 is 6.03 Å². The first-order valence-corrected chi connectivity index (χ1v) is 11.6. The molecule has 32 heavy (non-hydrogen) atoms. The Morgan fingerprint density at radius 1 is 1.09 bits per heavy atom. The van der Waals surface area contributed by atoms with Crippen molar-refractivity contribution in [2.24, 2.45) is 0 Å². The van der Waals surface area contributed by atoms with E-state index in [1.165, 1.54) is 16.7 Å². The van der Waals surface area contributed by atoms with Crippen molar-refractivity contribution >= 4 is 11.9 Å². The van der Waals surface area contributed by atoms with E-state index in [-0.39, 0.29) is 11.9 Å². The number of hydrogen-bond acceptors (Lipinski definition) is 4. The Morgan fingerprint density at radius 3 is 2.66 bits per heavy atom. The van der Waals surface area contributed by atoms with Gasteiger partial charge in [-0.2, -0.15) is 0 Å². The van der Waals surface area contributed by atoms with Gasteiger partial charge in [0.05, 0.1) is 5.60 Å². The minimum absolute atomic E-state index is 0.0239. The number of hydrogen-bond donors (Lipinski definition) is 3. The highest BCUT2D eigenvalue weighted by Gasteiger charge is 2.69. The van der Waals surface area contributed by atoms with Crippen molar-refractivity contribution < 1.29 is 14.7 Å². The molecule has 2 aliphatic carbocycles. The van der Waals surface area contributed by atoms with Crippen molar-refractivity contribution in [1.82, 2.24) is 15.5 Å². The van der Waals surface area contributed by atoms with Gasteiger partial charge in [0.15, 0.2) is 0 Å². The predicted octanol–water partition coefficient (Wildman–Crippen LogP) is 2.56. The maximum absolute atomic E-state index is 12.9. The standard InChI is InChI=1S/C26H29N3O3/c1-17-7-8-19-14-21-26(32)10-9-25(22(30)27-23(31)28-25)16-24(26,20(19)13-17)11-12-29(21)15-18-5-3-2-4-6-18/h2-8,13,21,32H,9-12,14-16H2,1H3,(H2,27,28,30,31)/t21-,24-,25+,26-/m1/s1. The zero-order valence-electron chi connectivity index (χ0n) is 18.4. The highest BCUT2D eigenvalue weighted by molar-refractivity contribution is 6.07. The molecule has 2 aliphatic heterocycles. The number of rotatable bonds is 2. The van der Waals surface area contributed by atoms with Gasteiger partial charge in [-0.1, -0.05) is 54.1 Å². The fourth-order valence-electron chi connectivity index (χ4n) is 7.10. The minimum Gasteiger partial charge on any atom is -0.387 e. The van der Waals surface area contributed by atoms with Gasteiger partial charge in [-0.05, 0) is 62.3 Å². The molecule has 2 bridgehead atoms. The van der Waals surface area contributed by atoms with Crippen LogP contribution in [0.25, 0.3) is 0 Å². The van der Waals surface area contributed by atoms with Crippen LogP contribution in [-0.2, 0) is 23.2 Å². The fourth-order valence-corrected chi connectivity index (χ4v) is 7.10. The van der Waals surface area contributed by atoms with E-state index in [0.29, 0.717) is 19.3 Å². The van der Waals surface area contributed by atoms with Crippen LogP contribution in [0.4, 0.5) is 4.79 Å². The van der Waals surface area contributed by atoms with Crippen LogP contribution in [0.15, 0.2) is 48.5 Å². The van der Waals surface area contributed by atoms with Crippen LogP contribution in [0.3, 0.4) is 0 Å².